The second kappa shape index (κ2) is 6.37. The fraction of sp³-hybridized carbons (Fsp3) is 0.625. The Kier molecular flexibility index (Phi) is 4.73. The van der Waals surface area contributed by atoms with Crippen LogP contribution in [0.4, 0.5) is 5.69 Å². The third-order valence-corrected chi connectivity index (χ3v) is 5.75. The molecule has 1 aromatic carbocycles. The van der Waals surface area contributed by atoms with Crippen LogP contribution in [-0.4, -0.2) is 37.1 Å². The van der Waals surface area contributed by atoms with E-state index in [2.05, 4.69) is 66.8 Å². The maximum absolute atomic E-state index is 3.70. The number of benzene rings is 1. The molecule has 20 heavy (non-hydrogen) atoms. The van der Waals surface area contributed by atoms with Gasteiger partial charge in [0.1, 0.15) is 0 Å². The Balaban J connectivity index is 1.67. The van der Waals surface area contributed by atoms with Crippen LogP contribution in [-0.2, 0) is 0 Å². The number of likely N-dealkylation sites (tertiary alicyclic amines) is 1. The standard InChI is InChI=1S/C16H22Br2N2/c1-12-3-2-7-19(10-12)14-6-8-20(11-14)16-5-4-13(17)9-15(16)18/h4-5,9,12,14H,2-3,6-8,10-11H2,1H3. The highest BCUT2D eigenvalue weighted by molar-refractivity contribution is 9.11. The molecule has 0 N–H and O–H groups in total. The summed E-state index contributed by atoms with van der Waals surface area (Å²) in [6.07, 6.45) is 4.08. The van der Waals surface area contributed by atoms with E-state index in [1.54, 1.807) is 0 Å². The summed E-state index contributed by atoms with van der Waals surface area (Å²) in [6, 6.07) is 7.24. The van der Waals surface area contributed by atoms with Crippen molar-refractivity contribution in [3.8, 4) is 0 Å². The van der Waals surface area contributed by atoms with Crippen molar-refractivity contribution in [1.29, 1.82) is 0 Å². The van der Waals surface area contributed by atoms with E-state index in [0.717, 1.165) is 16.4 Å². The van der Waals surface area contributed by atoms with Crippen molar-refractivity contribution in [1.82, 2.24) is 4.90 Å². The van der Waals surface area contributed by atoms with Crippen molar-refractivity contribution in [2.75, 3.05) is 31.1 Å². The second-order valence-electron chi connectivity index (χ2n) is 6.23. The Morgan fingerprint density at radius 3 is 2.70 bits per heavy atom. The quantitative estimate of drug-likeness (QED) is 0.718. The van der Waals surface area contributed by atoms with E-state index in [0.29, 0.717) is 0 Å². The highest BCUT2D eigenvalue weighted by Gasteiger charge is 2.30. The van der Waals surface area contributed by atoms with Gasteiger partial charge in [0, 0.05) is 34.6 Å². The van der Waals surface area contributed by atoms with Gasteiger partial charge in [-0.3, -0.25) is 4.90 Å². The monoisotopic (exact) mass is 400 g/mol. The van der Waals surface area contributed by atoms with Gasteiger partial charge in [-0.2, -0.15) is 0 Å². The molecule has 4 heteroatoms. The van der Waals surface area contributed by atoms with Gasteiger partial charge < -0.3 is 4.90 Å². The van der Waals surface area contributed by atoms with Crippen molar-refractivity contribution >= 4 is 37.5 Å². The molecule has 0 spiro atoms. The second-order valence-corrected chi connectivity index (χ2v) is 8.00. The number of rotatable bonds is 2. The third-order valence-electron chi connectivity index (χ3n) is 4.62. The molecule has 0 radical (unpaired) electrons. The molecule has 0 aromatic heterocycles. The SMILES string of the molecule is CC1CCCN(C2CCN(c3ccc(Br)cc3Br)C2)C1. The Morgan fingerprint density at radius 2 is 1.95 bits per heavy atom. The fourth-order valence-electron chi connectivity index (χ4n) is 3.55. The third kappa shape index (κ3) is 3.23. The van der Waals surface area contributed by atoms with Gasteiger partial charge in [0.05, 0.1) is 5.69 Å². The molecular weight excluding hydrogens is 380 g/mol. The summed E-state index contributed by atoms with van der Waals surface area (Å²) in [5.41, 5.74) is 1.33. The topological polar surface area (TPSA) is 6.48 Å². The Bertz CT molecular complexity index is 478. The number of halogens is 2. The molecule has 0 saturated carbocycles. The molecule has 110 valence electrons. The van der Waals surface area contributed by atoms with Crippen molar-refractivity contribution < 1.29 is 0 Å². The van der Waals surface area contributed by atoms with Gasteiger partial charge in [-0.05, 0) is 65.9 Å². The van der Waals surface area contributed by atoms with Gasteiger partial charge in [-0.1, -0.05) is 22.9 Å². The molecule has 3 rings (SSSR count). The van der Waals surface area contributed by atoms with Gasteiger partial charge in [0.25, 0.3) is 0 Å². The molecule has 0 aliphatic carbocycles. The van der Waals surface area contributed by atoms with Crippen LogP contribution in [0.25, 0.3) is 0 Å². The molecule has 2 nitrogen and oxygen atoms in total. The van der Waals surface area contributed by atoms with Crippen molar-refractivity contribution in [3.05, 3.63) is 27.1 Å². The highest BCUT2D eigenvalue weighted by atomic mass is 79.9. The first-order chi connectivity index (χ1) is 9.63. The molecule has 2 heterocycles. The van der Waals surface area contributed by atoms with Gasteiger partial charge in [-0.25, -0.2) is 0 Å². The smallest absolute Gasteiger partial charge is 0.0511 e. The fourth-order valence-corrected chi connectivity index (χ4v) is 4.85. The highest BCUT2D eigenvalue weighted by Crippen LogP contribution is 2.33. The minimum atomic E-state index is 0.744. The molecule has 2 aliphatic rings. The lowest BCUT2D eigenvalue weighted by Gasteiger charge is -2.35. The number of hydrogen-bond donors (Lipinski definition) is 0. The normalized spacial score (nSPS) is 28.1. The van der Waals surface area contributed by atoms with Gasteiger partial charge in [0.2, 0.25) is 0 Å². The average Bonchev–Trinajstić information content (AvgIpc) is 2.88. The molecule has 2 aliphatic heterocycles. The van der Waals surface area contributed by atoms with Crippen LogP contribution in [0.3, 0.4) is 0 Å². The van der Waals surface area contributed by atoms with Crippen LogP contribution in [0.15, 0.2) is 27.1 Å². The van der Waals surface area contributed by atoms with Gasteiger partial charge in [-0.15, -0.1) is 0 Å². The predicted molar refractivity (Wildman–Crippen MR) is 92.4 cm³/mol. The summed E-state index contributed by atoms with van der Waals surface area (Å²) in [6.45, 7) is 7.33. The van der Waals surface area contributed by atoms with E-state index in [4.69, 9.17) is 0 Å². The van der Waals surface area contributed by atoms with E-state index >= 15 is 0 Å². The van der Waals surface area contributed by atoms with Crippen LogP contribution in [0.5, 0.6) is 0 Å². The van der Waals surface area contributed by atoms with E-state index in [1.165, 1.54) is 55.6 Å². The maximum Gasteiger partial charge on any atom is 0.0511 e. The summed E-state index contributed by atoms with van der Waals surface area (Å²) >= 11 is 7.23. The largest absolute Gasteiger partial charge is 0.369 e. The summed E-state index contributed by atoms with van der Waals surface area (Å²) < 4.78 is 2.33. The first-order valence-corrected chi connectivity index (χ1v) is 9.16. The van der Waals surface area contributed by atoms with Crippen molar-refractivity contribution in [3.63, 3.8) is 0 Å². The zero-order valence-corrected chi connectivity index (χ0v) is 15.2. The molecule has 2 atom stereocenters. The van der Waals surface area contributed by atoms with E-state index in [-0.39, 0.29) is 0 Å². The zero-order valence-electron chi connectivity index (χ0n) is 12.0. The Morgan fingerprint density at radius 1 is 1.10 bits per heavy atom. The molecule has 2 saturated heterocycles. The van der Waals surface area contributed by atoms with Crippen molar-refractivity contribution in [2.45, 2.75) is 32.2 Å². The molecule has 2 fully saturated rings. The molecule has 2 unspecified atom stereocenters. The van der Waals surface area contributed by atoms with E-state index in [9.17, 15) is 0 Å². The minimum Gasteiger partial charge on any atom is -0.369 e. The van der Waals surface area contributed by atoms with Crippen molar-refractivity contribution in [2.24, 2.45) is 5.92 Å². The summed E-state index contributed by atoms with van der Waals surface area (Å²) in [5.74, 6) is 0.872. The molecule has 0 amide bonds. The van der Waals surface area contributed by atoms with Crippen LogP contribution in [0, 0.1) is 5.92 Å². The first-order valence-electron chi connectivity index (χ1n) is 7.57. The lowest BCUT2D eigenvalue weighted by molar-refractivity contribution is 0.139. The average molecular weight is 402 g/mol. The van der Waals surface area contributed by atoms with Gasteiger partial charge in [0.15, 0.2) is 0 Å². The molecule has 0 bridgehead atoms. The zero-order chi connectivity index (χ0) is 14.1. The van der Waals surface area contributed by atoms with E-state index < -0.39 is 0 Å². The Hall–Kier alpha value is -0.0600. The first kappa shape index (κ1) is 14.9. The molecule has 1 aromatic rings. The summed E-state index contributed by atoms with van der Waals surface area (Å²) in [7, 11) is 0. The van der Waals surface area contributed by atoms with Crippen LogP contribution in [0.2, 0.25) is 0 Å². The van der Waals surface area contributed by atoms with Crippen LogP contribution in [0.1, 0.15) is 26.2 Å². The lowest BCUT2D eigenvalue weighted by atomic mass is 9.98. The lowest BCUT2D eigenvalue weighted by Crippen LogP contribution is -2.43. The van der Waals surface area contributed by atoms with Gasteiger partial charge >= 0.3 is 0 Å². The minimum absolute atomic E-state index is 0.744. The maximum atomic E-state index is 3.70. The number of nitrogens with zero attached hydrogens (tertiary/aromatic N) is 2. The number of anilines is 1. The summed E-state index contributed by atoms with van der Waals surface area (Å²) in [4.78, 5) is 5.25. The molecular formula is C16H22Br2N2. The van der Waals surface area contributed by atoms with E-state index in [1.807, 2.05) is 0 Å². The predicted octanol–water partition coefficient (Wildman–Crippen LogP) is 4.52. The van der Waals surface area contributed by atoms with Crippen LogP contribution < -0.4 is 4.90 Å². The Labute approximate surface area is 138 Å². The van der Waals surface area contributed by atoms with Crippen LogP contribution >= 0.6 is 31.9 Å². The summed E-state index contributed by atoms with van der Waals surface area (Å²) in [5, 5.41) is 0. The number of hydrogen-bond acceptors (Lipinski definition) is 2. The number of piperidine rings is 1.